The van der Waals surface area contributed by atoms with Crippen molar-refractivity contribution in [2.24, 2.45) is 0 Å². The Morgan fingerprint density at radius 3 is 1.81 bits per heavy atom. The lowest BCUT2D eigenvalue weighted by atomic mass is 9.95. The number of nitrogens with zero attached hydrogens (tertiary/aromatic N) is 1. The first kappa shape index (κ1) is 26.0. The van der Waals surface area contributed by atoms with Crippen molar-refractivity contribution in [3.63, 3.8) is 0 Å². The van der Waals surface area contributed by atoms with Gasteiger partial charge in [-0.2, -0.15) is 0 Å². The van der Waals surface area contributed by atoms with Crippen molar-refractivity contribution in [3.8, 4) is 5.75 Å². The van der Waals surface area contributed by atoms with E-state index < -0.39 is 0 Å². The first-order chi connectivity index (χ1) is 15.2. The van der Waals surface area contributed by atoms with Crippen LogP contribution < -0.4 is 4.74 Å². The lowest BCUT2D eigenvalue weighted by Gasteiger charge is -2.17. The zero-order valence-corrected chi connectivity index (χ0v) is 20.5. The summed E-state index contributed by atoms with van der Waals surface area (Å²) in [7, 11) is 0. The first-order valence-electron chi connectivity index (χ1n) is 11.2. The summed E-state index contributed by atoms with van der Waals surface area (Å²) in [6, 6.07) is 28.7. The molecule has 2 nitrogen and oxygen atoms in total. The molecule has 0 aliphatic carbocycles. The third-order valence-electron chi connectivity index (χ3n) is 5.48. The number of halogens is 2. The molecule has 0 saturated heterocycles. The minimum atomic E-state index is 0. The van der Waals surface area contributed by atoms with Crippen molar-refractivity contribution in [2.75, 3.05) is 26.2 Å². The summed E-state index contributed by atoms with van der Waals surface area (Å²) >= 11 is 6.89. The Labute approximate surface area is 204 Å². The summed E-state index contributed by atoms with van der Waals surface area (Å²) < 4.78 is 5.97. The van der Waals surface area contributed by atoms with Crippen molar-refractivity contribution >= 4 is 34.6 Å². The van der Waals surface area contributed by atoms with Crippen LogP contribution in [-0.2, 0) is 0 Å². The molecule has 0 amide bonds. The Bertz CT molecular complexity index is 936. The van der Waals surface area contributed by atoms with Crippen molar-refractivity contribution in [3.05, 3.63) is 102 Å². The number of rotatable bonds is 11. The fourth-order valence-corrected chi connectivity index (χ4v) is 3.98. The Kier molecular flexibility index (Phi) is 11.4. The number of ether oxygens (including phenoxy) is 1. The fraction of sp³-hybridized carbons (Fsp3) is 0.286. The van der Waals surface area contributed by atoms with Crippen LogP contribution in [0.2, 0.25) is 0 Å². The molecule has 0 heterocycles. The predicted octanol–water partition coefficient (Wildman–Crippen LogP) is 7.76. The van der Waals surface area contributed by atoms with E-state index in [1.165, 1.54) is 0 Å². The quantitative estimate of drug-likeness (QED) is 0.210. The largest absolute Gasteiger partial charge is 0.494 e. The van der Waals surface area contributed by atoms with E-state index in [1.54, 1.807) is 0 Å². The molecule has 0 bridgehead atoms. The van der Waals surface area contributed by atoms with E-state index in [0.717, 1.165) is 72.1 Å². The first-order valence-corrected chi connectivity index (χ1v) is 11.6. The predicted molar refractivity (Wildman–Crippen MR) is 141 cm³/mol. The molecule has 0 atom stereocenters. The minimum Gasteiger partial charge on any atom is -0.494 e. The van der Waals surface area contributed by atoms with Crippen LogP contribution in [-0.4, -0.2) is 31.1 Å². The van der Waals surface area contributed by atoms with Crippen molar-refractivity contribution in [1.82, 2.24) is 4.90 Å². The van der Waals surface area contributed by atoms with Gasteiger partial charge in [0.2, 0.25) is 0 Å². The summed E-state index contributed by atoms with van der Waals surface area (Å²) in [5, 5.41) is 0.747. The number of unbranched alkanes of at least 4 members (excludes halogenated alkanes) is 1. The Morgan fingerprint density at radius 2 is 1.25 bits per heavy atom. The van der Waals surface area contributed by atoms with Crippen LogP contribution in [0.1, 0.15) is 43.4 Å². The van der Waals surface area contributed by atoms with Gasteiger partial charge in [-0.15, -0.1) is 12.4 Å². The van der Waals surface area contributed by atoms with Crippen molar-refractivity contribution < 1.29 is 4.74 Å². The highest BCUT2D eigenvalue weighted by Crippen LogP contribution is 2.35. The highest BCUT2D eigenvalue weighted by molar-refractivity contribution is 6.53. The molecular weight excluding hydrogens is 437 g/mol. The molecule has 4 heteroatoms. The molecule has 0 aliphatic heterocycles. The standard InChI is InChI=1S/C28H32ClNO.ClH/c1-3-30(4-2)21-11-12-22-31-26-19-17-24(18-20-26)27(23-13-7-5-8-14-23)28(29)25-15-9-6-10-16-25;/h5-10,13-20H,3-4,11-12,21-22H2,1-2H3;1H/b28-27+;. The van der Waals surface area contributed by atoms with Gasteiger partial charge in [-0.3, -0.25) is 0 Å². The second-order valence-corrected chi connectivity index (χ2v) is 7.91. The molecule has 0 N–H and O–H groups in total. The van der Waals surface area contributed by atoms with Gasteiger partial charge in [-0.05, 0) is 61.3 Å². The molecule has 3 aromatic rings. The molecule has 3 rings (SSSR count). The summed E-state index contributed by atoms with van der Waals surface area (Å²) in [5.74, 6) is 0.898. The maximum atomic E-state index is 6.89. The van der Waals surface area contributed by atoms with Crippen LogP contribution in [0, 0.1) is 0 Å². The summed E-state index contributed by atoms with van der Waals surface area (Å²) in [6.45, 7) is 8.53. The number of benzene rings is 3. The van der Waals surface area contributed by atoms with Crippen molar-refractivity contribution in [1.29, 1.82) is 0 Å². The van der Waals surface area contributed by atoms with E-state index in [1.807, 2.05) is 60.7 Å². The van der Waals surface area contributed by atoms with Crippen LogP contribution in [0.15, 0.2) is 84.9 Å². The Balaban J connectivity index is 0.00000363. The van der Waals surface area contributed by atoms with Gasteiger partial charge in [-0.25, -0.2) is 0 Å². The van der Waals surface area contributed by atoms with Crippen LogP contribution >= 0.6 is 24.0 Å². The van der Waals surface area contributed by atoms with Gasteiger partial charge in [0.1, 0.15) is 5.75 Å². The maximum absolute atomic E-state index is 6.89. The molecule has 0 saturated carbocycles. The zero-order chi connectivity index (χ0) is 21.9. The van der Waals surface area contributed by atoms with E-state index in [9.17, 15) is 0 Å². The average molecular weight is 470 g/mol. The molecule has 0 spiro atoms. The van der Waals surface area contributed by atoms with Gasteiger partial charge in [0.15, 0.2) is 0 Å². The van der Waals surface area contributed by atoms with Gasteiger partial charge in [0.05, 0.1) is 11.6 Å². The second-order valence-electron chi connectivity index (χ2n) is 7.53. The smallest absolute Gasteiger partial charge is 0.119 e. The molecule has 0 aliphatic rings. The highest BCUT2D eigenvalue weighted by atomic mass is 35.5. The van der Waals surface area contributed by atoms with E-state index in [-0.39, 0.29) is 12.4 Å². The van der Waals surface area contributed by atoms with Gasteiger partial charge in [-0.1, -0.05) is 98.2 Å². The summed E-state index contributed by atoms with van der Waals surface area (Å²) in [6.07, 6.45) is 2.22. The molecule has 0 unspecified atom stereocenters. The van der Waals surface area contributed by atoms with Crippen LogP contribution in [0.4, 0.5) is 0 Å². The Morgan fingerprint density at radius 1 is 0.719 bits per heavy atom. The summed E-state index contributed by atoms with van der Waals surface area (Å²) in [4.78, 5) is 2.45. The van der Waals surface area contributed by atoms with Gasteiger partial charge in [0.25, 0.3) is 0 Å². The second kappa shape index (κ2) is 14.0. The third kappa shape index (κ3) is 7.41. The fourth-order valence-electron chi connectivity index (χ4n) is 3.64. The normalized spacial score (nSPS) is 11.6. The van der Waals surface area contributed by atoms with Gasteiger partial charge < -0.3 is 9.64 Å². The summed E-state index contributed by atoms with van der Waals surface area (Å²) in [5.41, 5.74) is 4.21. The molecule has 0 fully saturated rings. The van der Waals surface area contributed by atoms with E-state index in [2.05, 4.69) is 43.0 Å². The molecule has 32 heavy (non-hydrogen) atoms. The van der Waals surface area contributed by atoms with E-state index in [4.69, 9.17) is 16.3 Å². The lowest BCUT2D eigenvalue weighted by molar-refractivity contribution is 0.266. The number of hydrogen-bond acceptors (Lipinski definition) is 2. The van der Waals surface area contributed by atoms with Crippen molar-refractivity contribution in [2.45, 2.75) is 26.7 Å². The average Bonchev–Trinajstić information content (AvgIpc) is 2.83. The topological polar surface area (TPSA) is 12.5 Å². The maximum Gasteiger partial charge on any atom is 0.119 e. The highest BCUT2D eigenvalue weighted by Gasteiger charge is 2.12. The Hall–Kier alpha value is -2.26. The third-order valence-corrected chi connectivity index (χ3v) is 5.89. The molecular formula is C28H33Cl2NO. The van der Waals surface area contributed by atoms with E-state index >= 15 is 0 Å². The SMILES string of the molecule is CCN(CC)CCCCOc1ccc(/C(=C(/Cl)c2ccccc2)c2ccccc2)cc1.Cl. The molecule has 170 valence electrons. The van der Waals surface area contributed by atoms with Gasteiger partial charge in [0, 0.05) is 5.57 Å². The molecule has 3 aromatic carbocycles. The van der Waals surface area contributed by atoms with Gasteiger partial charge >= 0.3 is 0 Å². The zero-order valence-electron chi connectivity index (χ0n) is 19.0. The van der Waals surface area contributed by atoms with Crippen LogP contribution in [0.5, 0.6) is 5.75 Å². The monoisotopic (exact) mass is 469 g/mol. The van der Waals surface area contributed by atoms with Crippen LogP contribution in [0.25, 0.3) is 10.6 Å². The number of hydrogen-bond donors (Lipinski definition) is 0. The molecule has 0 aromatic heterocycles. The lowest BCUT2D eigenvalue weighted by Crippen LogP contribution is -2.24. The van der Waals surface area contributed by atoms with Crippen LogP contribution in [0.3, 0.4) is 0 Å². The van der Waals surface area contributed by atoms with E-state index in [0.29, 0.717) is 0 Å². The minimum absolute atomic E-state index is 0. The molecule has 0 radical (unpaired) electrons.